The van der Waals surface area contributed by atoms with Crippen molar-refractivity contribution in [3.63, 3.8) is 0 Å². The van der Waals surface area contributed by atoms with Gasteiger partial charge in [0.2, 0.25) is 0 Å². The summed E-state index contributed by atoms with van der Waals surface area (Å²) in [7, 11) is 0. The second kappa shape index (κ2) is 10.5. The van der Waals surface area contributed by atoms with Crippen LogP contribution in [0.5, 0.6) is 11.5 Å². The Morgan fingerprint density at radius 3 is 2.64 bits per heavy atom. The first kappa shape index (κ1) is 18.9. The first-order chi connectivity index (χ1) is 10.6. The lowest BCUT2D eigenvalue weighted by atomic mass is 10.1. The van der Waals surface area contributed by atoms with Gasteiger partial charge in [-0.1, -0.05) is 30.1 Å². The van der Waals surface area contributed by atoms with Crippen LogP contribution in [0.25, 0.3) is 0 Å². The minimum atomic E-state index is 0.197. The number of aryl methyl sites for hydroxylation is 2. The minimum absolute atomic E-state index is 0.197. The molecule has 0 atom stereocenters. The Labute approximate surface area is 142 Å². The predicted octanol–water partition coefficient (Wildman–Crippen LogP) is 5.00. The third-order valence-electron chi connectivity index (χ3n) is 3.16. The molecule has 0 aliphatic heterocycles. The molecular weight excluding hydrogens is 323 g/mol. The summed E-state index contributed by atoms with van der Waals surface area (Å²) in [6.07, 6.45) is 5.72. The van der Waals surface area contributed by atoms with Gasteiger partial charge < -0.3 is 14.3 Å². The van der Waals surface area contributed by atoms with Gasteiger partial charge in [-0.2, -0.15) is 0 Å². The van der Waals surface area contributed by atoms with Gasteiger partial charge in [0.1, 0.15) is 28.9 Å². The van der Waals surface area contributed by atoms with E-state index in [2.05, 4.69) is 6.92 Å². The fourth-order valence-electron chi connectivity index (χ4n) is 2.07. The number of aldehydes is 1. The van der Waals surface area contributed by atoms with E-state index in [0.717, 1.165) is 48.2 Å². The second-order valence-electron chi connectivity index (χ2n) is 4.90. The zero-order valence-corrected chi connectivity index (χ0v) is 14.5. The molecule has 0 bridgehead atoms. The van der Waals surface area contributed by atoms with Crippen molar-refractivity contribution < 1.29 is 14.3 Å². The molecule has 0 N–H and O–H groups in total. The molecule has 0 radical (unpaired) electrons. The van der Waals surface area contributed by atoms with E-state index < -0.39 is 0 Å². The summed E-state index contributed by atoms with van der Waals surface area (Å²) in [5, 5.41) is 0. The van der Waals surface area contributed by atoms with Crippen molar-refractivity contribution in [2.75, 3.05) is 13.2 Å². The molecule has 0 fully saturated rings. The van der Waals surface area contributed by atoms with Gasteiger partial charge >= 0.3 is 0 Å². The molecule has 0 aliphatic rings. The summed E-state index contributed by atoms with van der Waals surface area (Å²) < 4.78 is 11.7. The zero-order chi connectivity index (χ0) is 16.4. The monoisotopic (exact) mass is 344 g/mol. The highest BCUT2D eigenvalue weighted by atomic mass is 35.5. The Kier molecular flexibility index (Phi) is 9.02. The van der Waals surface area contributed by atoms with Crippen LogP contribution >= 0.6 is 23.2 Å². The molecule has 1 aromatic carbocycles. The number of halogens is 2. The van der Waals surface area contributed by atoms with Crippen molar-refractivity contribution in [1.29, 1.82) is 0 Å². The molecule has 0 saturated carbocycles. The van der Waals surface area contributed by atoms with E-state index in [4.69, 9.17) is 32.7 Å². The van der Waals surface area contributed by atoms with Crippen LogP contribution in [0.1, 0.15) is 37.3 Å². The highest BCUT2D eigenvalue weighted by Crippen LogP contribution is 2.30. The van der Waals surface area contributed by atoms with Crippen LogP contribution in [0, 0.1) is 6.92 Å². The van der Waals surface area contributed by atoms with Crippen LogP contribution in [0.3, 0.4) is 0 Å². The lowest BCUT2D eigenvalue weighted by Crippen LogP contribution is -2.03. The maximum absolute atomic E-state index is 10.3. The molecule has 5 heteroatoms. The maximum atomic E-state index is 10.3. The molecule has 22 heavy (non-hydrogen) atoms. The zero-order valence-electron chi connectivity index (χ0n) is 13.0. The van der Waals surface area contributed by atoms with Gasteiger partial charge in [-0.15, -0.1) is 0 Å². The number of carbonyl (C=O) groups excluding carboxylic acids is 1. The van der Waals surface area contributed by atoms with Gasteiger partial charge in [-0.3, -0.25) is 0 Å². The van der Waals surface area contributed by atoms with E-state index in [0.29, 0.717) is 19.6 Å². The summed E-state index contributed by atoms with van der Waals surface area (Å²) in [5.41, 5.74) is 2.14. The number of hydrogen-bond donors (Lipinski definition) is 0. The molecule has 0 aromatic heterocycles. The molecular formula is C17H22Cl2O3. The molecule has 1 rings (SSSR count). The van der Waals surface area contributed by atoms with Crippen LogP contribution < -0.4 is 9.47 Å². The first-order valence-corrected chi connectivity index (χ1v) is 8.18. The summed E-state index contributed by atoms with van der Waals surface area (Å²) in [6, 6.07) is 3.92. The van der Waals surface area contributed by atoms with Crippen molar-refractivity contribution in [2.24, 2.45) is 0 Å². The number of ether oxygens (including phenoxy) is 2. The molecule has 0 saturated heterocycles. The van der Waals surface area contributed by atoms with Crippen LogP contribution in [-0.2, 0) is 11.2 Å². The standard InChI is InChI=1S/C17H22Cl2O3/c1-3-14-12-15(21-10-7-16(18)19)11-13(2)17(14)22-9-6-4-5-8-20/h7-8,11-12H,3-6,9-10H2,1-2H3. The maximum Gasteiger partial charge on any atom is 0.125 e. The third-order valence-corrected chi connectivity index (χ3v) is 3.46. The predicted molar refractivity (Wildman–Crippen MR) is 91.3 cm³/mol. The quantitative estimate of drug-likeness (QED) is 0.442. The normalized spacial score (nSPS) is 10.2. The van der Waals surface area contributed by atoms with Crippen molar-refractivity contribution in [3.8, 4) is 11.5 Å². The van der Waals surface area contributed by atoms with Crippen molar-refractivity contribution in [1.82, 2.24) is 0 Å². The van der Waals surface area contributed by atoms with E-state index >= 15 is 0 Å². The summed E-state index contributed by atoms with van der Waals surface area (Å²) in [5.74, 6) is 1.68. The molecule has 0 heterocycles. The second-order valence-corrected chi connectivity index (χ2v) is 5.91. The molecule has 0 spiro atoms. The lowest BCUT2D eigenvalue weighted by Gasteiger charge is -2.15. The Bertz CT molecular complexity index is 509. The average molecular weight is 345 g/mol. The Morgan fingerprint density at radius 1 is 1.23 bits per heavy atom. The molecule has 0 amide bonds. The number of hydrogen-bond acceptors (Lipinski definition) is 3. The molecule has 0 aliphatic carbocycles. The fraction of sp³-hybridized carbons (Fsp3) is 0.471. The first-order valence-electron chi connectivity index (χ1n) is 7.42. The SMILES string of the molecule is CCc1cc(OCC=C(Cl)Cl)cc(C)c1OCCCCC=O. The Balaban J connectivity index is 2.69. The third kappa shape index (κ3) is 6.71. The fourth-order valence-corrected chi connectivity index (χ4v) is 2.19. The molecule has 1 aromatic rings. The van der Waals surface area contributed by atoms with Crippen LogP contribution in [0.4, 0.5) is 0 Å². The Hall–Kier alpha value is -1.19. The topological polar surface area (TPSA) is 35.5 Å². The largest absolute Gasteiger partial charge is 0.493 e. The number of unbranched alkanes of at least 4 members (excludes halogenated alkanes) is 2. The molecule has 122 valence electrons. The van der Waals surface area contributed by atoms with Crippen molar-refractivity contribution in [3.05, 3.63) is 33.8 Å². The van der Waals surface area contributed by atoms with E-state index in [-0.39, 0.29) is 4.49 Å². The van der Waals surface area contributed by atoms with Gasteiger partial charge in [0.25, 0.3) is 0 Å². The number of carbonyl (C=O) groups is 1. The van der Waals surface area contributed by atoms with Crippen molar-refractivity contribution >= 4 is 29.5 Å². The van der Waals surface area contributed by atoms with E-state index in [1.807, 2.05) is 19.1 Å². The van der Waals surface area contributed by atoms with Crippen LogP contribution in [-0.4, -0.2) is 19.5 Å². The smallest absolute Gasteiger partial charge is 0.125 e. The van der Waals surface area contributed by atoms with Crippen LogP contribution in [0.2, 0.25) is 0 Å². The summed E-state index contributed by atoms with van der Waals surface area (Å²) in [6.45, 7) is 5.02. The van der Waals surface area contributed by atoms with Gasteiger partial charge in [0, 0.05) is 6.42 Å². The highest BCUT2D eigenvalue weighted by Gasteiger charge is 2.09. The van der Waals surface area contributed by atoms with Gasteiger partial charge in [-0.05, 0) is 55.5 Å². The van der Waals surface area contributed by atoms with Gasteiger partial charge in [-0.25, -0.2) is 0 Å². The summed E-state index contributed by atoms with van der Waals surface area (Å²) >= 11 is 11.1. The summed E-state index contributed by atoms with van der Waals surface area (Å²) in [4.78, 5) is 10.3. The number of rotatable bonds is 10. The molecule has 0 unspecified atom stereocenters. The van der Waals surface area contributed by atoms with Gasteiger partial charge in [0.15, 0.2) is 0 Å². The highest BCUT2D eigenvalue weighted by molar-refractivity contribution is 6.55. The number of benzene rings is 1. The lowest BCUT2D eigenvalue weighted by molar-refractivity contribution is -0.107. The Morgan fingerprint density at radius 2 is 2.00 bits per heavy atom. The van der Waals surface area contributed by atoms with Crippen molar-refractivity contribution in [2.45, 2.75) is 39.5 Å². The average Bonchev–Trinajstić information content (AvgIpc) is 2.48. The van der Waals surface area contributed by atoms with Gasteiger partial charge in [0.05, 0.1) is 6.61 Å². The van der Waals surface area contributed by atoms with E-state index in [9.17, 15) is 4.79 Å². The van der Waals surface area contributed by atoms with E-state index in [1.165, 1.54) is 0 Å². The minimum Gasteiger partial charge on any atom is -0.493 e. The van der Waals surface area contributed by atoms with Crippen LogP contribution in [0.15, 0.2) is 22.7 Å². The van der Waals surface area contributed by atoms with E-state index in [1.54, 1.807) is 6.08 Å². The molecule has 3 nitrogen and oxygen atoms in total.